The molecule has 0 saturated carbocycles. The number of anilines is 1. The molecule has 0 spiro atoms. The maximum atomic E-state index is 12.4. The molecule has 0 bridgehead atoms. The number of furan rings is 1. The first-order valence-corrected chi connectivity index (χ1v) is 8.10. The molecule has 0 fully saturated rings. The standard InChI is InChI=1S/C16H13N5O2S/c1-9-11-6-10(7-17-14(11)21(2)20-9)18-15(22)12-8-24-16(19-12)13-4-3-5-23-13/h3-8H,1-2H3,(H,18,22). The zero-order valence-corrected chi connectivity index (χ0v) is 13.8. The van der Waals surface area contributed by atoms with E-state index in [1.807, 2.05) is 26.1 Å². The van der Waals surface area contributed by atoms with Crippen LogP contribution in [-0.4, -0.2) is 25.7 Å². The van der Waals surface area contributed by atoms with Gasteiger partial charge in [-0.25, -0.2) is 9.97 Å². The zero-order valence-electron chi connectivity index (χ0n) is 13.0. The molecule has 8 heteroatoms. The van der Waals surface area contributed by atoms with E-state index in [0.29, 0.717) is 22.1 Å². The van der Waals surface area contributed by atoms with E-state index >= 15 is 0 Å². The highest BCUT2D eigenvalue weighted by atomic mass is 32.1. The average molecular weight is 339 g/mol. The Morgan fingerprint density at radius 2 is 2.29 bits per heavy atom. The second-order valence-electron chi connectivity index (χ2n) is 5.27. The molecule has 4 rings (SSSR count). The summed E-state index contributed by atoms with van der Waals surface area (Å²) in [4.78, 5) is 21.0. The minimum absolute atomic E-state index is 0.285. The highest BCUT2D eigenvalue weighted by Crippen LogP contribution is 2.25. The van der Waals surface area contributed by atoms with E-state index in [2.05, 4.69) is 20.4 Å². The van der Waals surface area contributed by atoms with E-state index in [1.165, 1.54) is 11.3 Å². The highest BCUT2D eigenvalue weighted by molar-refractivity contribution is 7.13. The molecule has 24 heavy (non-hydrogen) atoms. The van der Waals surface area contributed by atoms with Crippen LogP contribution < -0.4 is 5.32 Å². The minimum Gasteiger partial charge on any atom is -0.462 e. The van der Waals surface area contributed by atoms with Gasteiger partial charge in [-0.3, -0.25) is 9.48 Å². The van der Waals surface area contributed by atoms with Crippen molar-refractivity contribution >= 4 is 34.0 Å². The molecule has 7 nitrogen and oxygen atoms in total. The fourth-order valence-corrected chi connectivity index (χ4v) is 3.23. The second-order valence-corrected chi connectivity index (χ2v) is 6.13. The number of aryl methyl sites for hydroxylation is 2. The van der Waals surface area contributed by atoms with Gasteiger partial charge in [0.15, 0.2) is 16.4 Å². The summed E-state index contributed by atoms with van der Waals surface area (Å²) in [5, 5.41) is 10.4. The Morgan fingerprint density at radius 1 is 1.42 bits per heavy atom. The number of aromatic nitrogens is 4. The number of thiazole rings is 1. The van der Waals surface area contributed by atoms with Crippen LogP contribution in [0.3, 0.4) is 0 Å². The molecular weight excluding hydrogens is 326 g/mol. The van der Waals surface area contributed by atoms with Crippen molar-refractivity contribution in [2.75, 3.05) is 5.32 Å². The molecule has 0 saturated heterocycles. The van der Waals surface area contributed by atoms with Gasteiger partial charge < -0.3 is 9.73 Å². The quantitative estimate of drug-likeness (QED) is 0.619. The third-order valence-corrected chi connectivity index (χ3v) is 4.45. The number of hydrogen-bond acceptors (Lipinski definition) is 6. The fourth-order valence-electron chi connectivity index (χ4n) is 2.46. The summed E-state index contributed by atoms with van der Waals surface area (Å²) in [6.07, 6.45) is 3.19. The lowest BCUT2D eigenvalue weighted by Gasteiger charge is -2.03. The lowest BCUT2D eigenvalue weighted by Crippen LogP contribution is -2.12. The van der Waals surface area contributed by atoms with Gasteiger partial charge in [-0.1, -0.05) is 0 Å². The van der Waals surface area contributed by atoms with Crippen LogP contribution >= 0.6 is 11.3 Å². The van der Waals surface area contributed by atoms with E-state index < -0.39 is 0 Å². The Morgan fingerprint density at radius 3 is 3.08 bits per heavy atom. The van der Waals surface area contributed by atoms with Crippen LogP contribution in [0.1, 0.15) is 16.2 Å². The lowest BCUT2D eigenvalue weighted by molar-refractivity contribution is 0.102. The van der Waals surface area contributed by atoms with Gasteiger partial charge in [-0.15, -0.1) is 11.3 Å². The normalized spacial score (nSPS) is 11.1. The molecule has 0 aromatic carbocycles. The van der Waals surface area contributed by atoms with E-state index in [9.17, 15) is 4.79 Å². The van der Waals surface area contributed by atoms with Crippen LogP contribution in [0.5, 0.6) is 0 Å². The predicted octanol–water partition coefficient (Wildman–Crippen LogP) is 3.25. The van der Waals surface area contributed by atoms with Crippen LogP contribution in [0, 0.1) is 6.92 Å². The third-order valence-electron chi connectivity index (χ3n) is 3.59. The Balaban J connectivity index is 1.59. The fraction of sp³-hybridized carbons (Fsp3) is 0.125. The Labute approximate surface area is 141 Å². The van der Waals surface area contributed by atoms with Crippen molar-refractivity contribution in [1.29, 1.82) is 0 Å². The van der Waals surface area contributed by atoms with Crippen LogP contribution in [0.15, 0.2) is 40.5 Å². The van der Waals surface area contributed by atoms with Gasteiger partial charge in [-0.2, -0.15) is 5.10 Å². The van der Waals surface area contributed by atoms with Gasteiger partial charge in [0.2, 0.25) is 0 Å². The van der Waals surface area contributed by atoms with Crippen molar-refractivity contribution in [3.05, 3.63) is 47.4 Å². The van der Waals surface area contributed by atoms with Gasteiger partial charge in [0.1, 0.15) is 5.69 Å². The number of fused-ring (bicyclic) bond motifs is 1. The first-order chi connectivity index (χ1) is 11.6. The van der Waals surface area contributed by atoms with Gasteiger partial charge >= 0.3 is 0 Å². The van der Waals surface area contributed by atoms with Crippen LogP contribution in [-0.2, 0) is 7.05 Å². The van der Waals surface area contributed by atoms with Crippen LogP contribution in [0.2, 0.25) is 0 Å². The Hall–Kier alpha value is -3.00. The third kappa shape index (κ3) is 2.46. The van der Waals surface area contributed by atoms with Crippen molar-refractivity contribution in [1.82, 2.24) is 19.7 Å². The molecule has 4 aromatic rings. The summed E-state index contributed by atoms with van der Waals surface area (Å²) in [5.41, 5.74) is 2.59. The molecule has 0 aliphatic carbocycles. The lowest BCUT2D eigenvalue weighted by atomic mass is 10.2. The van der Waals surface area contributed by atoms with Crippen molar-refractivity contribution in [3.8, 4) is 10.8 Å². The van der Waals surface area contributed by atoms with Crippen LogP contribution in [0.25, 0.3) is 21.8 Å². The Bertz CT molecular complexity index is 1030. The smallest absolute Gasteiger partial charge is 0.275 e. The minimum atomic E-state index is -0.285. The predicted molar refractivity (Wildman–Crippen MR) is 91.0 cm³/mol. The summed E-state index contributed by atoms with van der Waals surface area (Å²) < 4.78 is 7.01. The van der Waals surface area contributed by atoms with Crippen LogP contribution in [0.4, 0.5) is 5.69 Å². The van der Waals surface area contributed by atoms with Crippen molar-refractivity contribution in [2.45, 2.75) is 6.92 Å². The van der Waals surface area contributed by atoms with Crippen molar-refractivity contribution in [3.63, 3.8) is 0 Å². The van der Waals surface area contributed by atoms with E-state index in [0.717, 1.165) is 16.7 Å². The molecule has 1 amide bonds. The molecule has 4 aromatic heterocycles. The van der Waals surface area contributed by atoms with E-state index in [4.69, 9.17) is 4.42 Å². The van der Waals surface area contributed by atoms with Crippen molar-refractivity contribution in [2.24, 2.45) is 7.05 Å². The van der Waals surface area contributed by atoms with Gasteiger partial charge in [0.25, 0.3) is 5.91 Å². The SMILES string of the molecule is Cc1nn(C)c2ncc(NC(=O)c3csc(-c4ccco4)n3)cc12. The van der Waals surface area contributed by atoms with Gasteiger partial charge in [0.05, 0.1) is 23.8 Å². The number of carbonyl (C=O) groups excluding carboxylic acids is 1. The molecule has 0 aliphatic heterocycles. The number of nitrogens with one attached hydrogen (secondary N) is 1. The number of pyridine rings is 1. The van der Waals surface area contributed by atoms with E-state index in [-0.39, 0.29) is 5.91 Å². The molecule has 120 valence electrons. The maximum absolute atomic E-state index is 12.4. The number of rotatable bonds is 3. The second kappa shape index (κ2) is 5.57. The number of amides is 1. The maximum Gasteiger partial charge on any atom is 0.275 e. The molecule has 0 unspecified atom stereocenters. The monoisotopic (exact) mass is 339 g/mol. The number of carbonyl (C=O) groups is 1. The van der Waals surface area contributed by atoms with Gasteiger partial charge in [0, 0.05) is 17.8 Å². The zero-order chi connectivity index (χ0) is 16.7. The molecule has 0 radical (unpaired) electrons. The first kappa shape index (κ1) is 14.6. The summed E-state index contributed by atoms with van der Waals surface area (Å²) >= 11 is 1.36. The van der Waals surface area contributed by atoms with Crippen molar-refractivity contribution < 1.29 is 9.21 Å². The molecule has 4 heterocycles. The van der Waals surface area contributed by atoms with E-state index in [1.54, 1.807) is 28.6 Å². The topological polar surface area (TPSA) is 85.8 Å². The molecule has 0 atom stereocenters. The molecular formula is C16H13N5O2S. The summed E-state index contributed by atoms with van der Waals surface area (Å²) in [6.45, 7) is 1.91. The molecule has 1 N–H and O–H groups in total. The Kier molecular flexibility index (Phi) is 3.39. The summed E-state index contributed by atoms with van der Waals surface area (Å²) in [5.74, 6) is 0.361. The summed E-state index contributed by atoms with van der Waals surface area (Å²) in [6, 6.07) is 5.46. The average Bonchev–Trinajstić information content (AvgIpc) is 3.29. The highest BCUT2D eigenvalue weighted by Gasteiger charge is 2.14. The largest absolute Gasteiger partial charge is 0.462 e. The first-order valence-electron chi connectivity index (χ1n) is 7.22. The number of nitrogens with zero attached hydrogens (tertiary/aromatic N) is 4. The summed E-state index contributed by atoms with van der Waals surface area (Å²) in [7, 11) is 1.84. The molecule has 0 aliphatic rings. The number of hydrogen-bond donors (Lipinski definition) is 1. The van der Waals surface area contributed by atoms with Gasteiger partial charge in [-0.05, 0) is 25.1 Å².